The minimum absolute atomic E-state index is 0.454. The van der Waals surface area contributed by atoms with Crippen LogP contribution in [0.5, 0.6) is 0 Å². The third-order valence-electron chi connectivity index (χ3n) is 5.82. The van der Waals surface area contributed by atoms with Gasteiger partial charge >= 0.3 is 0 Å². The molecule has 118 valence electrons. The lowest BCUT2D eigenvalue weighted by molar-refractivity contribution is -0.122. The number of hydrogen-bond donors (Lipinski definition) is 0. The molecule has 0 N–H and O–H groups in total. The average molecular weight is 299 g/mol. The summed E-state index contributed by atoms with van der Waals surface area (Å²) in [5.41, 5.74) is 1.42. The van der Waals surface area contributed by atoms with Crippen LogP contribution in [0.15, 0.2) is 18.3 Å². The lowest BCUT2D eigenvalue weighted by atomic mass is 9.85. The van der Waals surface area contributed by atoms with Crippen molar-refractivity contribution >= 4 is 12.2 Å². The molecular weight excluding hydrogens is 274 g/mol. The van der Waals surface area contributed by atoms with Crippen molar-refractivity contribution in [2.75, 3.05) is 18.0 Å². The van der Waals surface area contributed by atoms with Gasteiger partial charge in [-0.1, -0.05) is 6.07 Å². The molecule has 4 heteroatoms. The van der Waals surface area contributed by atoms with E-state index in [-0.39, 0.29) is 0 Å². The molecule has 2 bridgehead atoms. The molecule has 4 heterocycles. The molecule has 0 radical (unpaired) electrons. The normalized spacial score (nSPS) is 31.4. The fourth-order valence-corrected chi connectivity index (χ4v) is 4.74. The number of carbonyl (C=O) groups is 1. The van der Waals surface area contributed by atoms with E-state index in [0.29, 0.717) is 18.0 Å². The van der Waals surface area contributed by atoms with Crippen LogP contribution in [-0.4, -0.2) is 41.5 Å². The van der Waals surface area contributed by atoms with Gasteiger partial charge in [-0.3, -0.25) is 4.79 Å². The smallest absolute Gasteiger partial charge is 0.210 e. The van der Waals surface area contributed by atoms with E-state index in [1.165, 1.54) is 43.5 Å². The maximum absolute atomic E-state index is 11.3. The maximum Gasteiger partial charge on any atom is 0.210 e. The van der Waals surface area contributed by atoms with E-state index in [4.69, 9.17) is 4.98 Å². The SMILES string of the molecule is O=CN1C2CCC1CC(c1cccnc1N1CCCCC1)C2. The average Bonchev–Trinajstić information content (AvgIpc) is 2.84. The number of carbonyl (C=O) groups excluding carboxylic acids is 1. The number of nitrogens with zero attached hydrogens (tertiary/aromatic N) is 3. The molecule has 0 saturated carbocycles. The first-order valence-corrected chi connectivity index (χ1v) is 8.79. The predicted octanol–water partition coefficient (Wildman–Crippen LogP) is 2.94. The van der Waals surface area contributed by atoms with Gasteiger partial charge in [0.15, 0.2) is 0 Å². The molecule has 2 unspecified atom stereocenters. The Hall–Kier alpha value is -1.58. The van der Waals surface area contributed by atoms with Crippen molar-refractivity contribution in [1.82, 2.24) is 9.88 Å². The van der Waals surface area contributed by atoms with E-state index >= 15 is 0 Å². The summed E-state index contributed by atoms with van der Waals surface area (Å²) in [4.78, 5) is 20.6. The van der Waals surface area contributed by atoms with E-state index in [1.807, 2.05) is 6.20 Å². The molecule has 4 rings (SSSR count). The Bertz CT molecular complexity index is 527. The topological polar surface area (TPSA) is 36.4 Å². The van der Waals surface area contributed by atoms with Crippen LogP contribution >= 0.6 is 0 Å². The summed E-state index contributed by atoms with van der Waals surface area (Å²) in [5, 5.41) is 0. The summed E-state index contributed by atoms with van der Waals surface area (Å²) in [6.07, 6.45) is 11.5. The molecule has 1 aromatic heterocycles. The van der Waals surface area contributed by atoms with Gasteiger partial charge < -0.3 is 9.80 Å². The van der Waals surface area contributed by atoms with Crippen molar-refractivity contribution in [3.05, 3.63) is 23.9 Å². The molecular formula is C18H25N3O. The van der Waals surface area contributed by atoms with Crippen molar-refractivity contribution in [3.8, 4) is 0 Å². The van der Waals surface area contributed by atoms with Gasteiger partial charge in [0, 0.05) is 31.4 Å². The molecule has 1 amide bonds. The highest BCUT2D eigenvalue weighted by Crippen LogP contribution is 2.44. The van der Waals surface area contributed by atoms with Gasteiger partial charge in [-0.15, -0.1) is 0 Å². The molecule has 3 aliphatic rings. The third kappa shape index (κ3) is 2.38. The van der Waals surface area contributed by atoms with Crippen LogP contribution in [0.1, 0.15) is 56.4 Å². The number of rotatable bonds is 3. The van der Waals surface area contributed by atoms with Gasteiger partial charge in [0.25, 0.3) is 0 Å². The highest BCUT2D eigenvalue weighted by Gasteiger charge is 2.41. The van der Waals surface area contributed by atoms with Gasteiger partial charge in [0.2, 0.25) is 6.41 Å². The van der Waals surface area contributed by atoms with Crippen LogP contribution < -0.4 is 4.90 Å². The number of aromatic nitrogens is 1. The second-order valence-electron chi connectivity index (χ2n) is 7.07. The van der Waals surface area contributed by atoms with Crippen molar-refractivity contribution in [2.45, 2.75) is 62.9 Å². The maximum atomic E-state index is 11.3. The minimum Gasteiger partial charge on any atom is -0.356 e. The predicted molar refractivity (Wildman–Crippen MR) is 87.0 cm³/mol. The van der Waals surface area contributed by atoms with Crippen molar-refractivity contribution in [1.29, 1.82) is 0 Å². The molecule has 3 saturated heterocycles. The highest BCUT2D eigenvalue weighted by molar-refractivity contribution is 5.52. The Morgan fingerprint density at radius 3 is 2.50 bits per heavy atom. The van der Waals surface area contributed by atoms with Crippen LogP contribution in [0.3, 0.4) is 0 Å². The van der Waals surface area contributed by atoms with E-state index in [0.717, 1.165) is 32.3 Å². The Kier molecular flexibility index (Phi) is 3.77. The van der Waals surface area contributed by atoms with Crippen LogP contribution in [-0.2, 0) is 4.79 Å². The van der Waals surface area contributed by atoms with E-state index in [1.54, 1.807) is 0 Å². The summed E-state index contributed by atoms with van der Waals surface area (Å²) in [5.74, 6) is 1.78. The molecule has 0 spiro atoms. The second kappa shape index (κ2) is 5.90. The van der Waals surface area contributed by atoms with Crippen LogP contribution in [0.25, 0.3) is 0 Å². The number of fused-ring (bicyclic) bond motifs is 2. The molecule has 0 aliphatic carbocycles. The van der Waals surface area contributed by atoms with Gasteiger partial charge in [-0.05, 0) is 62.5 Å². The Morgan fingerprint density at radius 2 is 1.82 bits per heavy atom. The van der Waals surface area contributed by atoms with Gasteiger partial charge in [-0.2, -0.15) is 0 Å². The zero-order chi connectivity index (χ0) is 14.9. The first-order valence-electron chi connectivity index (χ1n) is 8.79. The molecule has 0 aromatic carbocycles. The fourth-order valence-electron chi connectivity index (χ4n) is 4.74. The molecule has 3 aliphatic heterocycles. The Labute approximate surface area is 132 Å². The highest BCUT2D eigenvalue weighted by atomic mass is 16.1. The summed E-state index contributed by atoms with van der Waals surface area (Å²) in [6, 6.07) is 5.26. The van der Waals surface area contributed by atoms with Gasteiger partial charge in [0.05, 0.1) is 0 Å². The van der Waals surface area contributed by atoms with E-state index < -0.39 is 0 Å². The van der Waals surface area contributed by atoms with Gasteiger partial charge in [-0.25, -0.2) is 4.98 Å². The van der Waals surface area contributed by atoms with Crippen molar-refractivity contribution in [3.63, 3.8) is 0 Å². The fraction of sp³-hybridized carbons (Fsp3) is 0.667. The van der Waals surface area contributed by atoms with E-state index in [9.17, 15) is 4.79 Å². The van der Waals surface area contributed by atoms with Gasteiger partial charge in [0.1, 0.15) is 5.82 Å². The first-order chi connectivity index (χ1) is 10.9. The Morgan fingerprint density at radius 1 is 1.09 bits per heavy atom. The Balaban J connectivity index is 1.59. The number of piperidine rings is 2. The minimum atomic E-state index is 0.454. The quantitative estimate of drug-likeness (QED) is 0.805. The monoisotopic (exact) mass is 299 g/mol. The van der Waals surface area contributed by atoms with Crippen LogP contribution in [0.4, 0.5) is 5.82 Å². The summed E-state index contributed by atoms with van der Waals surface area (Å²) < 4.78 is 0. The number of hydrogen-bond acceptors (Lipinski definition) is 3. The summed E-state index contributed by atoms with van der Waals surface area (Å²) in [7, 11) is 0. The molecule has 3 fully saturated rings. The van der Waals surface area contributed by atoms with Crippen LogP contribution in [0, 0.1) is 0 Å². The van der Waals surface area contributed by atoms with Crippen molar-refractivity contribution < 1.29 is 4.79 Å². The standard InChI is InChI=1S/C18H25N3O/c22-13-21-15-6-7-16(21)12-14(11-15)17-5-4-8-19-18(17)20-9-2-1-3-10-20/h4-5,8,13-16H,1-3,6-7,9-12H2. The first kappa shape index (κ1) is 14.0. The zero-order valence-electron chi connectivity index (χ0n) is 13.2. The molecule has 4 nitrogen and oxygen atoms in total. The summed E-state index contributed by atoms with van der Waals surface area (Å²) >= 11 is 0. The molecule has 1 aromatic rings. The lowest BCUT2D eigenvalue weighted by Crippen LogP contribution is -2.41. The number of anilines is 1. The molecule has 22 heavy (non-hydrogen) atoms. The number of amides is 1. The van der Waals surface area contributed by atoms with Crippen molar-refractivity contribution in [2.24, 2.45) is 0 Å². The van der Waals surface area contributed by atoms with E-state index in [2.05, 4.69) is 21.9 Å². The largest absolute Gasteiger partial charge is 0.356 e. The molecule has 2 atom stereocenters. The number of pyridine rings is 1. The second-order valence-corrected chi connectivity index (χ2v) is 7.07. The summed E-state index contributed by atoms with van der Waals surface area (Å²) in [6.45, 7) is 2.29. The third-order valence-corrected chi connectivity index (χ3v) is 5.82. The lowest BCUT2D eigenvalue weighted by Gasteiger charge is -2.38. The zero-order valence-corrected chi connectivity index (χ0v) is 13.2. The van der Waals surface area contributed by atoms with Crippen LogP contribution in [0.2, 0.25) is 0 Å².